The number of unbranched alkanes of at least 4 members (excludes halogenated alkanes) is 2. The Morgan fingerprint density at radius 2 is 1.64 bits per heavy atom. The Morgan fingerprint density at radius 3 is 2.24 bits per heavy atom. The quantitative estimate of drug-likeness (QED) is 0.515. The third-order valence-electron chi connectivity index (χ3n) is 3.86. The zero-order valence-corrected chi connectivity index (χ0v) is 17.1. The lowest BCUT2D eigenvalue weighted by Crippen LogP contribution is -2.31. The SMILES string of the molecule is CCCC[S@](=O)C[C@@H](COC(=O)c1ccc(C)cc1)[S@](=O)CCCC. The molecule has 0 saturated heterocycles. The zero-order chi connectivity index (χ0) is 18.7. The topological polar surface area (TPSA) is 60.4 Å². The number of aryl methyl sites for hydroxylation is 1. The maximum Gasteiger partial charge on any atom is 0.338 e. The highest BCUT2D eigenvalue weighted by Gasteiger charge is 2.22. The molecule has 0 unspecified atom stereocenters. The summed E-state index contributed by atoms with van der Waals surface area (Å²) >= 11 is 0. The van der Waals surface area contributed by atoms with Gasteiger partial charge < -0.3 is 4.74 Å². The molecular formula is C19H30O4S2. The van der Waals surface area contributed by atoms with Crippen molar-refractivity contribution in [3.05, 3.63) is 35.4 Å². The lowest BCUT2D eigenvalue weighted by Gasteiger charge is -2.16. The summed E-state index contributed by atoms with van der Waals surface area (Å²) < 4.78 is 30.0. The van der Waals surface area contributed by atoms with E-state index >= 15 is 0 Å². The third-order valence-corrected chi connectivity index (χ3v) is 7.32. The Labute approximate surface area is 156 Å². The van der Waals surface area contributed by atoms with Gasteiger partial charge in [-0.15, -0.1) is 0 Å². The molecule has 0 fully saturated rings. The average molecular weight is 387 g/mol. The summed E-state index contributed by atoms with van der Waals surface area (Å²) in [4.78, 5) is 12.2. The molecule has 1 aromatic carbocycles. The minimum Gasteiger partial charge on any atom is -0.461 e. The van der Waals surface area contributed by atoms with Gasteiger partial charge in [0, 0.05) is 38.9 Å². The molecule has 4 nitrogen and oxygen atoms in total. The highest BCUT2D eigenvalue weighted by Crippen LogP contribution is 2.09. The van der Waals surface area contributed by atoms with Gasteiger partial charge in [-0.25, -0.2) is 4.79 Å². The van der Waals surface area contributed by atoms with Crippen LogP contribution in [0.1, 0.15) is 55.5 Å². The molecule has 25 heavy (non-hydrogen) atoms. The van der Waals surface area contributed by atoms with E-state index in [0.717, 1.165) is 31.2 Å². The molecule has 0 N–H and O–H groups in total. The molecule has 0 amide bonds. The van der Waals surface area contributed by atoms with E-state index in [1.165, 1.54) is 0 Å². The van der Waals surface area contributed by atoms with Gasteiger partial charge in [0.15, 0.2) is 0 Å². The molecule has 1 rings (SSSR count). The number of benzene rings is 1. The van der Waals surface area contributed by atoms with Crippen LogP contribution in [-0.4, -0.2) is 43.5 Å². The van der Waals surface area contributed by atoms with Crippen LogP contribution in [0.2, 0.25) is 0 Å². The number of carbonyl (C=O) groups excluding carboxylic acids is 1. The van der Waals surface area contributed by atoms with E-state index in [-0.39, 0.29) is 11.9 Å². The van der Waals surface area contributed by atoms with Gasteiger partial charge in [0.05, 0.1) is 10.8 Å². The highest BCUT2D eigenvalue weighted by atomic mass is 32.2. The number of ether oxygens (including phenoxy) is 1. The van der Waals surface area contributed by atoms with E-state index in [9.17, 15) is 13.2 Å². The van der Waals surface area contributed by atoms with Crippen molar-refractivity contribution in [1.82, 2.24) is 0 Å². The van der Waals surface area contributed by atoms with Crippen LogP contribution in [0.15, 0.2) is 24.3 Å². The fraction of sp³-hybridized carbons (Fsp3) is 0.632. The summed E-state index contributed by atoms with van der Waals surface area (Å²) in [6.45, 7) is 6.11. The Kier molecular flexibility index (Phi) is 10.9. The summed E-state index contributed by atoms with van der Waals surface area (Å²) in [6, 6.07) is 7.15. The number of hydrogen-bond donors (Lipinski definition) is 0. The van der Waals surface area contributed by atoms with Crippen molar-refractivity contribution in [2.45, 2.75) is 51.7 Å². The van der Waals surface area contributed by atoms with Crippen LogP contribution in [0, 0.1) is 6.92 Å². The summed E-state index contributed by atoms with van der Waals surface area (Å²) in [7, 11) is -2.15. The second-order valence-electron chi connectivity index (χ2n) is 6.19. The van der Waals surface area contributed by atoms with Gasteiger partial charge in [-0.05, 0) is 31.9 Å². The van der Waals surface area contributed by atoms with Crippen LogP contribution in [0.25, 0.3) is 0 Å². The van der Waals surface area contributed by atoms with Crippen molar-refractivity contribution >= 4 is 27.6 Å². The van der Waals surface area contributed by atoms with E-state index in [4.69, 9.17) is 4.74 Å². The molecule has 0 bridgehead atoms. The molecule has 6 heteroatoms. The molecule has 0 aliphatic heterocycles. The fourth-order valence-electron chi connectivity index (χ4n) is 2.19. The van der Waals surface area contributed by atoms with Gasteiger partial charge in [0.1, 0.15) is 6.61 Å². The van der Waals surface area contributed by atoms with Crippen LogP contribution in [0.5, 0.6) is 0 Å². The van der Waals surface area contributed by atoms with E-state index in [0.29, 0.717) is 22.8 Å². The molecule has 0 spiro atoms. The minimum absolute atomic E-state index is 0.0564. The molecule has 3 atom stereocenters. The van der Waals surface area contributed by atoms with E-state index in [1.807, 2.05) is 26.0 Å². The molecular weight excluding hydrogens is 356 g/mol. The fourth-order valence-corrected chi connectivity index (χ4v) is 5.67. The first-order chi connectivity index (χ1) is 12.0. The Bertz CT molecular complexity index is 569. The van der Waals surface area contributed by atoms with E-state index in [1.54, 1.807) is 12.1 Å². The summed E-state index contributed by atoms with van der Waals surface area (Å²) in [5.41, 5.74) is 1.55. The first-order valence-electron chi connectivity index (χ1n) is 8.93. The van der Waals surface area contributed by atoms with Crippen molar-refractivity contribution in [2.24, 2.45) is 0 Å². The van der Waals surface area contributed by atoms with Crippen LogP contribution in [0.3, 0.4) is 0 Å². The van der Waals surface area contributed by atoms with E-state index in [2.05, 4.69) is 6.92 Å². The standard InChI is InChI=1S/C19H30O4S2/c1-4-6-12-24(21)15-18(25(22)13-7-5-2)14-23-19(20)17-10-8-16(3)9-11-17/h8-11,18H,4-7,12-15H2,1-3H3/t18-,24+,25-/m1/s1. The minimum atomic E-state index is -1.13. The Balaban J connectivity index is 2.64. The van der Waals surface area contributed by atoms with Crippen LogP contribution >= 0.6 is 0 Å². The van der Waals surface area contributed by atoms with Crippen LogP contribution < -0.4 is 0 Å². The van der Waals surface area contributed by atoms with Crippen molar-refractivity contribution < 1.29 is 17.9 Å². The van der Waals surface area contributed by atoms with Crippen molar-refractivity contribution in [1.29, 1.82) is 0 Å². The lowest BCUT2D eigenvalue weighted by molar-refractivity contribution is 0.0510. The Morgan fingerprint density at radius 1 is 1.04 bits per heavy atom. The van der Waals surface area contributed by atoms with Gasteiger partial charge >= 0.3 is 5.97 Å². The van der Waals surface area contributed by atoms with E-state index < -0.39 is 27.6 Å². The zero-order valence-electron chi connectivity index (χ0n) is 15.5. The van der Waals surface area contributed by atoms with Gasteiger partial charge in [0.25, 0.3) is 0 Å². The van der Waals surface area contributed by atoms with Crippen LogP contribution in [0.4, 0.5) is 0 Å². The smallest absolute Gasteiger partial charge is 0.338 e. The number of esters is 1. The first kappa shape index (κ1) is 22.0. The molecule has 0 aromatic heterocycles. The molecule has 0 aliphatic rings. The van der Waals surface area contributed by atoms with Gasteiger partial charge in [-0.1, -0.05) is 44.4 Å². The maximum atomic E-state index is 12.5. The summed E-state index contributed by atoms with van der Waals surface area (Å²) in [5.74, 6) is 1.09. The average Bonchev–Trinajstić information content (AvgIpc) is 2.61. The Hall–Kier alpha value is -1.01. The third kappa shape index (κ3) is 8.77. The molecule has 1 aromatic rings. The second-order valence-corrected chi connectivity index (χ2v) is 9.65. The highest BCUT2D eigenvalue weighted by molar-refractivity contribution is 7.89. The largest absolute Gasteiger partial charge is 0.461 e. The number of hydrogen-bond acceptors (Lipinski definition) is 4. The first-order valence-corrected chi connectivity index (χ1v) is 11.8. The molecule has 0 radical (unpaired) electrons. The summed E-state index contributed by atoms with van der Waals surface area (Å²) in [6.07, 6.45) is 3.69. The van der Waals surface area contributed by atoms with Crippen molar-refractivity contribution in [3.8, 4) is 0 Å². The number of carbonyl (C=O) groups is 1. The van der Waals surface area contributed by atoms with Crippen LogP contribution in [-0.2, 0) is 26.3 Å². The van der Waals surface area contributed by atoms with Crippen molar-refractivity contribution in [2.75, 3.05) is 23.9 Å². The predicted octanol–water partition coefficient (Wildman–Crippen LogP) is 3.62. The summed E-state index contributed by atoms with van der Waals surface area (Å²) in [5, 5.41) is -0.362. The normalized spacial score (nSPS) is 14.7. The van der Waals surface area contributed by atoms with Gasteiger partial charge in [0.2, 0.25) is 0 Å². The predicted molar refractivity (Wildman–Crippen MR) is 106 cm³/mol. The number of rotatable bonds is 12. The van der Waals surface area contributed by atoms with Gasteiger partial charge in [-0.3, -0.25) is 8.42 Å². The van der Waals surface area contributed by atoms with Gasteiger partial charge in [-0.2, -0.15) is 0 Å². The molecule has 142 valence electrons. The lowest BCUT2D eigenvalue weighted by atomic mass is 10.1. The molecule has 0 heterocycles. The maximum absolute atomic E-state index is 12.5. The van der Waals surface area contributed by atoms with Crippen molar-refractivity contribution in [3.63, 3.8) is 0 Å². The molecule has 0 aliphatic carbocycles. The monoisotopic (exact) mass is 386 g/mol. The molecule has 0 saturated carbocycles. The second kappa shape index (κ2) is 12.4.